The van der Waals surface area contributed by atoms with Gasteiger partial charge in [0.2, 0.25) is 0 Å². The van der Waals surface area contributed by atoms with Crippen LogP contribution in [0.4, 0.5) is 0 Å². The van der Waals surface area contributed by atoms with Gasteiger partial charge in [0.05, 0.1) is 10.4 Å². The molecule has 2 unspecified atom stereocenters. The predicted octanol–water partition coefficient (Wildman–Crippen LogP) is 4.12. The minimum absolute atomic E-state index is 0.244. The lowest BCUT2D eigenvalue weighted by molar-refractivity contribution is 0.331. The van der Waals surface area contributed by atoms with Gasteiger partial charge in [0.15, 0.2) is 0 Å². The summed E-state index contributed by atoms with van der Waals surface area (Å²) < 4.78 is 0.834. The Morgan fingerprint density at radius 1 is 1.44 bits per heavy atom. The van der Waals surface area contributed by atoms with Gasteiger partial charge < -0.3 is 0 Å². The maximum Gasteiger partial charge on any atom is 0.0931 e. The highest BCUT2D eigenvalue weighted by Crippen LogP contribution is 2.34. The fraction of sp³-hybridized carbons (Fsp3) is 0.667. The third-order valence-electron chi connectivity index (χ3n) is 3.00. The number of thiophene rings is 1. The zero-order valence-electron chi connectivity index (χ0n) is 10.0. The highest BCUT2D eigenvalue weighted by molar-refractivity contribution is 7.16. The molecule has 0 bridgehead atoms. The largest absolute Gasteiger partial charge is 0.271 e. The van der Waals surface area contributed by atoms with Gasteiger partial charge in [-0.25, -0.2) is 0 Å². The van der Waals surface area contributed by atoms with Crippen molar-refractivity contribution in [2.45, 2.75) is 45.6 Å². The van der Waals surface area contributed by atoms with E-state index in [1.54, 1.807) is 11.3 Å². The first-order valence-electron chi connectivity index (χ1n) is 5.94. The SMILES string of the molecule is CCCCC(CC)C(NN)c1ccc(Cl)s1. The number of nitrogens with two attached hydrogens (primary N) is 1. The Labute approximate surface area is 107 Å². The van der Waals surface area contributed by atoms with Crippen molar-refractivity contribution >= 4 is 22.9 Å². The number of halogens is 1. The molecule has 92 valence electrons. The van der Waals surface area contributed by atoms with Crippen LogP contribution in [-0.4, -0.2) is 0 Å². The van der Waals surface area contributed by atoms with Gasteiger partial charge in [0.25, 0.3) is 0 Å². The van der Waals surface area contributed by atoms with Crippen molar-refractivity contribution in [1.29, 1.82) is 0 Å². The van der Waals surface area contributed by atoms with E-state index in [4.69, 9.17) is 17.4 Å². The summed E-state index contributed by atoms with van der Waals surface area (Å²) in [5, 5.41) is 0. The molecular weight excluding hydrogens is 240 g/mol. The Balaban J connectivity index is 2.70. The van der Waals surface area contributed by atoms with Crippen molar-refractivity contribution in [3.05, 3.63) is 21.3 Å². The van der Waals surface area contributed by atoms with E-state index in [9.17, 15) is 0 Å². The van der Waals surface area contributed by atoms with E-state index < -0.39 is 0 Å². The molecule has 3 N–H and O–H groups in total. The molecule has 16 heavy (non-hydrogen) atoms. The highest BCUT2D eigenvalue weighted by atomic mass is 35.5. The average Bonchev–Trinajstić information content (AvgIpc) is 2.70. The highest BCUT2D eigenvalue weighted by Gasteiger charge is 2.21. The van der Waals surface area contributed by atoms with Crippen molar-refractivity contribution in [2.24, 2.45) is 11.8 Å². The van der Waals surface area contributed by atoms with Crippen LogP contribution in [0.2, 0.25) is 4.34 Å². The van der Waals surface area contributed by atoms with Gasteiger partial charge in [0, 0.05) is 4.88 Å². The predicted molar refractivity (Wildman–Crippen MR) is 72.7 cm³/mol. The van der Waals surface area contributed by atoms with E-state index in [0.717, 1.165) is 10.8 Å². The molecule has 0 radical (unpaired) electrons. The Morgan fingerprint density at radius 3 is 2.62 bits per heavy atom. The Morgan fingerprint density at radius 2 is 2.19 bits per heavy atom. The molecule has 2 atom stereocenters. The van der Waals surface area contributed by atoms with Gasteiger partial charge in [-0.3, -0.25) is 11.3 Å². The summed E-state index contributed by atoms with van der Waals surface area (Å²) in [6.07, 6.45) is 4.86. The van der Waals surface area contributed by atoms with Gasteiger partial charge in [0.1, 0.15) is 0 Å². The molecule has 2 nitrogen and oxygen atoms in total. The van der Waals surface area contributed by atoms with Crippen LogP contribution in [0.15, 0.2) is 12.1 Å². The normalized spacial score (nSPS) is 15.0. The standard InChI is InChI=1S/C12H21ClN2S/c1-3-5-6-9(4-2)12(15-14)10-7-8-11(13)16-10/h7-9,12,15H,3-6,14H2,1-2H3. The average molecular weight is 261 g/mol. The molecule has 4 heteroatoms. The number of hydrazine groups is 1. The number of unbranched alkanes of at least 4 members (excludes halogenated alkanes) is 1. The Bertz CT molecular complexity index is 301. The first-order chi connectivity index (χ1) is 7.72. The van der Waals surface area contributed by atoms with E-state index in [-0.39, 0.29) is 6.04 Å². The summed E-state index contributed by atoms with van der Waals surface area (Å²) in [5.41, 5.74) is 2.94. The fourth-order valence-corrected chi connectivity index (χ4v) is 3.23. The molecule has 0 fully saturated rings. The first kappa shape index (κ1) is 14.0. The summed E-state index contributed by atoms with van der Waals surface area (Å²) in [5.74, 6) is 6.27. The second kappa shape index (κ2) is 7.28. The maximum absolute atomic E-state index is 5.96. The topological polar surface area (TPSA) is 38.0 Å². The molecule has 1 heterocycles. The van der Waals surface area contributed by atoms with Crippen LogP contribution in [0.25, 0.3) is 0 Å². The molecule has 0 aromatic carbocycles. The molecule has 0 aliphatic heterocycles. The summed E-state index contributed by atoms with van der Waals surface area (Å²) in [6.45, 7) is 4.44. The zero-order valence-corrected chi connectivity index (χ0v) is 11.6. The molecule has 0 spiro atoms. The van der Waals surface area contributed by atoms with Crippen molar-refractivity contribution in [3.63, 3.8) is 0 Å². The summed E-state index contributed by atoms with van der Waals surface area (Å²) in [6, 6.07) is 4.26. The van der Waals surface area contributed by atoms with Crippen LogP contribution in [0.3, 0.4) is 0 Å². The van der Waals surface area contributed by atoms with Gasteiger partial charge >= 0.3 is 0 Å². The third kappa shape index (κ3) is 3.74. The Hall–Kier alpha value is -0.0900. The molecule has 1 aromatic rings. The number of nitrogens with one attached hydrogen (secondary N) is 1. The lowest BCUT2D eigenvalue weighted by atomic mass is 9.91. The summed E-state index contributed by atoms with van der Waals surface area (Å²) >= 11 is 7.58. The van der Waals surface area contributed by atoms with E-state index in [1.807, 2.05) is 6.07 Å². The minimum Gasteiger partial charge on any atom is -0.271 e. The second-order valence-corrected chi connectivity index (χ2v) is 5.84. The molecular formula is C12H21ClN2S. The van der Waals surface area contributed by atoms with Crippen LogP contribution < -0.4 is 11.3 Å². The molecule has 0 aliphatic carbocycles. The molecule has 1 aromatic heterocycles. The van der Waals surface area contributed by atoms with Crippen molar-refractivity contribution in [3.8, 4) is 0 Å². The fourth-order valence-electron chi connectivity index (χ4n) is 2.02. The molecule has 1 rings (SSSR count). The van der Waals surface area contributed by atoms with Crippen LogP contribution in [0.5, 0.6) is 0 Å². The van der Waals surface area contributed by atoms with Crippen LogP contribution in [0.1, 0.15) is 50.4 Å². The summed E-state index contributed by atoms with van der Waals surface area (Å²) in [4.78, 5) is 1.25. The second-order valence-electron chi connectivity index (χ2n) is 4.10. The van der Waals surface area contributed by atoms with Crippen LogP contribution in [-0.2, 0) is 0 Å². The van der Waals surface area contributed by atoms with Crippen molar-refractivity contribution < 1.29 is 0 Å². The first-order valence-corrected chi connectivity index (χ1v) is 7.13. The molecule has 0 aliphatic rings. The van der Waals surface area contributed by atoms with Gasteiger partial charge in [-0.1, -0.05) is 44.7 Å². The lowest BCUT2D eigenvalue weighted by Crippen LogP contribution is -2.32. The Kier molecular flexibility index (Phi) is 6.36. The van der Waals surface area contributed by atoms with Crippen molar-refractivity contribution in [1.82, 2.24) is 5.43 Å². The number of hydrogen-bond donors (Lipinski definition) is 2. The summed E-state index contributed by atoms with van der Waals surface area (Å²) in [7, 11) is 0. The molecule has 0 amide bonds. The minimum atomic E-state index is 0.244. The van der Waals surface area contributed by atoms with E-state index in [2.05, 4.69) is 25.3 Å². The zero-order chi connectivity index (χ0) is 12.0. The van der Waals surface area contributed by atoms with Gasteiger partial charge in [-0.05, 0) is 24.5 Å². The number of rotatable bonds is 7. The van der Waals surface area contributed by atoms with E-state index in [1.165, 1.54) is 24.1 Å². The lowest BCUT2D eigenvalue weighted by Gasteiger charge is -2.24. The molecule has 0 saturated carbocycles. The van der Waals surface area contributed by atoms with Crippen LogP contribution in [0, 0.1) is 5.92 Å². The quantitative estimate of drug-likeness (QED) is 0.572. The van der Waals surface area contributed by atoms with Gasteiger partial charge in [-0.2, -0.15) is 0 Å². The monoisotopic (exact) mass is 260 g/mol. The maximum atomic E-state index is 5.96. The molecule has 0 saturated heterocycles. The van der Waals surface area contributed by atoms with E-state index >= 15 is 0 Å². The number of hydrogen-bond acceptors (Lipinski definition) is 3. The van der Waals surface area contributed by atoms with Crippen LogP contribution >= 0.6 is 22.9 Å². The van der Waals surface area contributed by atoms with Crippen molar-refractivity contribution in [2.75, 3.05) is 0 Å². The van der Waals surface area contributed by atoms with E-state index in [0.29, 0.717) is 5.92 Å². The smallest absolute Gasteiger partial charge is 0.0931 e. The van der Waals surface area contributed by atoms with Gasteiger partial charge in [-0.15, -0.1) is 11.3 Å². The third-order valence-corrected chi connectivity index (χ3v) is 4.32.